The van der Waals surface area contributed by atoms with E-state index in [4.69, 9.17) is 9.26 Å². The maximum atomic E-state index is 11.5. The van der Waals surface area contributed by atoms with Crippen LogP contribution >= 0.6 is 0 Å². The molecule has 0 bridgehead atoms. The van der Waals surface area contributed by atoms with Crippen molar-refractivity contribution in [1.29, 1.82) is 0 Å². The smallest absolute Gasteiger partial charge is 0.360 e. The first kappa shape index (κ1) is 18.2. The number of ether oxygens (including phenoxy) is 1. The van der Waals surface area contributed by atoms with Crippen LogP contribution in [-0.4, -0.2) is 17.7 Å². The second-order valence-corrected chi connectivity index (χ2v) is 5.26. The largest absolute Gasteiger partial charge is 0.461 e. The summed E-state index contributed by atoms with van der Waals surface area (Å²) in [6, 6.07) is 1.68. The highest BCUT2D eigenvalue weighted by atomic mass is 16.5. The first-order valence-electron chi connectivity index (χ1n) is 8.13. The van der Waals surface area contributed by atoms with Crippen LogP contribution < -0.4 is 0 Å². The van der Waals surface area contributed by atoms with Crippen molar-refractivity contribution in [2.24, 2.45) is 0 Å². The number of carbonyl (C=O) groups excluding carboxylic acids is 1. The molecule has 0 aliphatic heterocycles. The van der Waals surface area contributed by atoms with Crippen LogP contribution in [0, 0.1) is 0 Å². The number of esters is 1. The zero-order valence-electron chi connectivity index (χ0n) is 13.9. The van der Waals surface area contributed by atoms with Crippen molar-refractivity contribution in [3.8, 4) is 0 Å². The van der Waals surface area contributed by atoms with Crippen LogP contribution in [0.2, 0.25) is 0 Å². The molecule has 0 spiro atoms. The molecule has 1 rings (SSSR count). The summed E-state index contributed by atoms with van der Waals surface area (Å²) in [5.41, 5.74) is 1.59. The molecule has 0 aliphatic carbocycles. The van der Waals surface area contributed by atoms with Gasteiger partial charge in [-0.1, -0.05) is 42.3 Å². The van der Waals surface area contributed by atoms with Gasteiger partial charge in [0, 0.05) is 12.5 Å². The zero-order valence-corrected chi connectivity index (χ0v) is 13.9. The van der Waals surface area contributed by atoms with E-state index in [9.17, 15) is 4.79 Å². The molecule has 122 valence electrons. The van der Waals surface area contributed by atoms with Crippen LogP contribution in [0.25, 0.3) is 0 Å². The van der Waals surface area contributed by atoms with Crippen molar-refractivity contribution in [2.75, 3.05) is 6.61 Å². The highest BCUT2D eigenvalue weighted by molar-refractivity contribution is 5.87. The highest BCUT2D eigenvalue weighted by Gasteiger charge is 2.12. The van der Waals surface area contributed by atoms with Crippen molar-refractivity contribution in [2.45, 2.75) is 59.3 Å². The van der Waals surface area contributed by atoms with Crippen molar-refractivity contribution in [1.82, 2.24) is 5.16 Å². The van der Waals surface area contributed by atoms with Crippen LogP contribution in [0.15, 0.2) is 34.4 Å². The Morgan fingerprint density at radius 3 is 2.86 bits per heavy atom. The van der Waals surface area contributed by atoms with E-state index in [1.54, 1.807) is 13.0 Å². The standard InChI is InChI=1S/C18H27NO3/c1-4-11-15(3)12-9-7-6-8-10-13-16-14-17(19-22-16)18(20)21-5-2/h9,11-12,14H,4-8,10,13H2,1-3H3/b12-9-,15-11-. The van der Waals surface area contributed by atoms with Crippen LogP contribution in [0.1, 0.15) is 69.1 Å². The van der Waals surface area contributed by atoms with Gasteiger partial charge in [-0.2, -0.15) is 0 Å². The lowest BCUT2D eigenvalue weighted by molar-refractivity contribution is 0.0514. The lowest BCUT2D eigenvalue weighted by atomic mass is 10.1. The summed E-state index contributed by atoms with van der Waals surface area (Å²) < 4.78 is 10.0. The molecule has 0 saturated heterocycles. The number of carbonyl (C=O) groups is 1. The van der Waals surface area contributed by atoms with Crippen LogP contribution in [-0.2, 0) is 11.2 Å². The molecular formula is C18H27NO3. The third kappa shape index (κ3) is 7.25. The minimum atomic E-state index is -0.418. The van der Waals surface area contributed by atoms with Crippen LogP contribution in [0.4, 0.5) is 0 Å². The first-order valence-corrected chi connectivity index (χ1v) is 8.13. The number of rotatable bonds is 10. The molecule has 1 aromatic rings. The molecule has 0 radical (unpaired) electrons. The Bertz CT molecular complexity index is 500. The average Bonchev–Trinajstić information content (AvgIpc) is 2.96. The second-order valence-electron chi connectivity index (χ2n) is 5.26. The van der Waals surface area contributed by atoms with Gasteiger partial charge >= 0.3 is 5.97 Å². The fourth-order valence-electron chi connectivity index (χ4n) is 2.13. The quantitative estimate of drug-likeness (QED) is 0.351. The molecule has 4 nitrogen and oxygen atoms in total. The van der Waals surface area contributed by atoms with E-state index < -0.39 is 5.97 Å². The summed E-state index contributed by atoms with van der Waals surface area (Å²) in [5, 5.41) is 3.73. The summed E-state index contributed by atoms with van der Waals surface area (Å²) in [5.74, 6) is 0.332. The summed E-state index contributed by atoms with van der Waals surface area (Å²) in [4.78, 5) is 11.5. The van der Waals surface area contributed by atoms with Gasteiger partial charge in [0.05, 0.1) is 6.61 Å². The van der Waals surface area contributed by atoms with E-state index in [-0.39, 0.29) is 5.69 Å². The molecule has 4 heteroatoms. The highest BCUT2D eigenvalue weighted by Crippen LogP contribution is 2.11. The molecule has 0 fully saturated rings. The third-order valence-corrected chi connectivity index (χ3v) is 3.24. The van der Waals surface area contributed by atoms with Crippen LogP contribution in [0.5, 0.6) is 0 Å². The Hall–Kier alpha value is -1.84. The minimum absolute atomic E-state index is 0.262. The van der Waals surface area contributed by atoms with E-state index in [1.165, 1.54) is 5.57 Å². The molecular weight excluding hydrogens is 278 g/mol. The normalized spacial score (nSPS) is 12.0. The molecule has 1 heterocycles. The monoisotopic (exact) mass is 305 g/mol. The Labute approximate surface area is 133 Å². The number of nitrogens with zero attached hydrogens (tertiary/aromatic N) is 1. The van der Waals surface area contributed by atoms with Gasteiger partial charge in [0.25, 0.3) is 0 Å². The minimum Gasteiger partial charge on any atom is -0.461 e. The van der Waals surface area contributed by atoms with E-state index >= 15 is 0 Å². The Morgan fingerprint density at radius 1 is 1.32 bits per heavy atom. The topological polar surface area (TPSA) is 52.3 Å². The molecule has 0 unspecified atom stereocenters. The Kier molecular flexibility index (Phi) is 8.96. The van der Waals surface area contributed by atoms with E-state index in [2.05, 4.69) is 37.2 Å². The van der Waals surface area contributed by atoms with Gasteiger partial charge in [0.2, 0.25) is 0 Å². The molecule has 22 heavy (non-hydrogen) atoms. The number of aryl methyl sites for hydroxylation is 1. The molecule has 0 atom stereocenters. The molecule has 0 N–H and O–H groups in total. The van der Waals surface area contributed by atoms with Gasteiger partial charge in [-0.15, -0.1) is 0 Å². The van der Waals surface area contributed by atoms with Crippen LogP contribution in [0.3, 0.4) is 0 Å². The van der Waals surface area contributed by atoms with Crippen molar-refractivity contribution >= 4 is 5.97 Å². The molecule has 0 amide bonds. The van der Waals surface area contributed by atoms with Gasteiger partial charge in [0.1, 0.15) is 5.76 Å². The number of aromatic nitrogens is 1. The summed E-state index contributed by atoms with van der Waals surface area (Å²) in [6.45, 7) is 6.40. The van der Waals surface area contributed by atoms with Gasteiger partial charge in [-0.05, 0) is 39.5 Å². The molecule has 0 aliphatic rings. The molecule has 0 aromatic carbocycles. The number of hydrogen-bond donors (Lipinski definition) is 0. The van der Waals surface area contributed by atoms with E-state index in [1.807, 2.05) is 0 Å². The Balaban J connectivity index is 2.17. The fraction of sp³-hybridized carbons (Fsp3) is 0.556. The lowest BCUT2D eigenvalue weighted by Crippen LogP contribution is -2.04. The second kappa shape index (κ2) is 10.8. The molecule has 1 aromatic heterocycles. The van der Waals surface area contributed by atoms with Gasteiger partial charge in [-0.3, -0.25) is 0 Å². The van der Waals surface area contributed by atoms with Gasteiger partial charge in [0.15, 0.2) is 5.69 Å². The predicted molar refractivity (Wildman–Crippen MR) is 87.8 cm³/mol. The Morgan fingerprint density at radius 2 is 2.14 bits per heavy atom. The summed E-state index contributed by atoms with van der Waals surface area (Å²) >= 11 is 0. The van der Waals surface area contributed by atoms with Gasteiger partial charge < -0.3 is 9.26 Å². The van der Waals surface area contributed by atoms with Crippen molar-refractivity contribution in [3.05, 3.63) is 41.3 Å². The summed E-state index contributed by atoms with van der Waals surface area (Å²) in [7, 11) is 0. The van der Waals surface area contributed by atoms with E-state index in [0.717, 1.165) is 44.3 Å². The third-order valence-electron chi connectivity index (χ3n) is 3.24. The predicted octanol–water partition coefficient (Wildman–Crippen LogP) is 4.87. The average molecular weight is 305 g/mol. The fourth-order valence-corrected chi connectivity index (χ4v) is 2.13. The number of allylic oxidation sites excluding steroid dienone is 4. The molecule has 0 saturated carbocycles. The lowest BCUT2D eigenvalue weighted by Gasteiger charge is -1.96. The van der Waals surface area contributed by atoms with Crippen molar-refractivity contribution < 1.29 is 14.1 Å². The van der Waals surface area contributed by atoms with Crippen molar-refractivity contribution in [3.63, 3.8) is 0 Å². The van der Waals surface area contributed by atoms with E-state index in [0.29, 0.717) is 6.61 Å². The van der Waals surface area contributed by atoms with Gasteiger partial charge in [-0.25, -0.2) is 4.79 Å². The maximum Gasteiger partial charge on any atom is 0.360 e. The summed E-state index contributed by atoms with van der Waals surface area (Å²) in [6.07, 6.45) is 13.0. The zero-order chi connectivity index (χ0) is 16.2. The number of hydrogen-bond acceptors (Lipinski definition) is 4. The first-order chi connectivity index (χ1) is 10.7. The maximum absolute atomic E-state index is 11.5. The SMILES string of the molecule is CC/C=C(C)\C=C/CCCCCc1cc(C(=O)OCC)no1. The number of unbranched alkanes of at least 4 members (excludes halogenated alkanes) is 3.